The molecule has 86 valence electrons. The predicted molar refractivity (Wildman–Crippen MR) is 42.7 cm³/mol. The molecule has 0 aromatic heterocycles. The molecule has 0 spiro atoms. The van der Waals surface area contributed by atoms with Crippen molar-refractivity contribution in [3.63, 3.8) is 0 Å². The fourth-order valence-electron chi connectivity index (χ4n) is 0.991. The molecule has 0 atom stereocenters. The van der Waals surface area contributed by atoms with Crippen LogP contribution >= 0.6 is 11.6 Å². The molecule has 15 heavy (non-hydrogen) atoms. The van der Waals surface area contributed by atoms with E-state index in [1.807, 2.05) is 0 Å². The van der Waals surface area contributed by atoms with E-state index in [0.29, 0.717) is 0 Å². The molecule has 0 amide bonds. The van der Waals surface area contributed by atoms with Crippen molar-refractivity contribution in [2.75, 3.05) is 4.93 Å². The van der Waals surface area contributed by atoms with Gasteiger partial charge in [-0.25, -0.2) is 0 Å². The first kappa shape index (κ1) is 12.8. The van der Waals surface area contributed by atoms with E-state index in [0.717, 1.165) is 6.07 Å². The topological polar surface area (TPSA) is 20.2 Å². The molecular formula is C8H5ClF4IO-. The Morgan fingerprint density at radius 2 is 1.93 bits per heavy atom. The van der Waals surface area contributed by atoms with E-state index >= 15 is 0 Å². The number of phenolic OH excluding ortho intramolecular Hbond substituents is 1. The number of phenols is 1. The molecule has 0 saturated heterocycles. The first-order valence-corrected chi connectivity index (χ1v) is 7.18. The van der Waals surface area contributed by atoms with Crippen molar-refractivity contribution in [3.8, 4) is 5.75 Å². The maximum absolute atomic E-state index is 13.0. The van der Waals surface area contributed by atoms with Gasteiger partial charge < -0.3 is 0 Å². The minimum atomic E-state index is -4.70. The summed E-state index contributed by atoms with van der Waals surface area (Å²) in [6.07, 6.45) is -4.70. The molecule has 1 aromatic carbocycles. The number of benzene rings is 1. The molecule has 1 aromatic rings. The normalized spacial score (nSPS) is 12.1. The molecule has 1 N–H and O–H groups in total. The monoisotopic (exact) mass is 355 g/mol. The second-order valence-corrected chi connectivity index (χ2v) is 5.19. The average Bonchev–Trinajstić information content (AvgIpc) is 2.11. The van der Waals surface area contributed by atoms with Gasteiger partial charge in [-0.05, 0) is 0 Å². The van der Waals surface area contributed by atoms with Crippen molar-refractivity contribution in [2.45, 2.75) is 6.18 Å². The van der Waals surface area contributed by atoms with Gasteiger partial charge in [-0.2, -0.15) is 0 Å². The fraction of sp³-hybridized carbons (Fsp3) is 0.250. The van der Waals surface area contributed by atoms with Crippen LogP contribution in [0.4, 0.5) is 17.6 Å². The van der Waals surface area contributed by atoms with Gasteiger partial charge in [-0.1, -0.05) is 0 Å². The van der Waals surface area contributed by atoms with E-state index in [2.05, 4.69) is 0 Å². The van der Waals surface area contributed by atoms with Crippen LogP contribution in [0.5, 0.6) is 5.75 Å². The van der Waals surface area contributed by atoms with Gasteiger partial charge in [0.1, 0.15) is 0 Å². The quantitative estimate of drug-likeness (QED) is 0.328. The Balaban J connectivity index is 3.55. The molecule has 0 unspecified atom stereocenters. The number of hydrogen-bond acceptors (Lipinski definition) is 1. The zero-order chi connectivity index (χ0) is 11.8. The van der Waals surface area contributed by atoms with Crippen molar-refractivity contribution in [1.82, 2.24) is 0 Å². The molecule has 1 nitrogen and oxygen atoms in total. The Bertz CT molecular complexity index is 391. The van der Waals surface area contributed by atoms with E-state index in [1.54, 1.807) is 4.93 Å². The third kappa shape index (κ3) is 2.47. The molecule has 0 saturated carbocycles. The zero-order valence-corrected chi connectivity index (χ0v) is 10.2. The van der Waals surface area contributed by atoms with Gasteiger partial charge in [-0.15, -0.1) is 0 Å². The molecule has 0 aliphatic carbocycles. The second-order valence-electron chi connectivity index (χ2n) is 2.57. The van der Waals surface area contributed by atoms with Crippen molar-refractivity contribution < 1.29 is 43.9 Å². The van der Waals surface area contributed by atoms with E-state index in [-0.39, 0.29) is 3.57 Å². The molecule has 0 radical (unpaired) electrons. The van der Waals surface area contributed by atoms with E-state index in [4.69, 9.17) is 16.7 Å². The molecule has 0 heterocycles. The Morgan fingerprint density at radius 1 is 1.40 bits per heavy atom. The van der Waals surface area contributed by atoms with Crippen LogP contribution in [-0.2, 0) is 6.18 Å². The maximum atomic E-state index is 13.0. The van der Waals surface area contributed by atoms with Gasteiger partial charge in [-0.3, -0.25) is 0 Å². The zero-order valence-electron chi connectivity index (χ0n) is 7.29. The molecule has 1 rings (SSSR count). The number of alkyl halides is 4. The SMILES string of the molecule is C[I-]c1cc(O)c(F)c(Cl)c1C(F)(F)F. The Labute approximate surface area is 98.3 Å². The second kappa shape index (κ2) is 4.32. The third-order valence-corrected chi connectivity index (χ3v) is 3.99. The van der Waals surface area contributed by atoms with Gasteiger partial charge >= 0.3 is 98.4 Å². The van der Waals surface area contributed by atoms with Crippen LogP contribution in [0.3, 0.4) is 0 Å². The fourth-order valence-corrected chi connectivity index (χ4v) is 3.18. The summed E-state index contributed by atoms with van der Waals surface area (Å²) >= 11 is 4.27. The van der Waals surface area contributed by atoms with Crippen molar-refractivity contribution in [1.29, 1.82) is 0 Å². The predicted octanol–water partition coefficient (Wildman–Crippen LogP) is 0.0919. The summed E-state index contributed by atoms with van der Waals surface area (Å²) in [7, 11) is 0. The first-order chi connectivity index (χ1) is 6.79. The molecule has 7 heteroatoms. The van der Waals surface area contributed by atoms with Crippen molar-refractivity contribution in [3.05, 3.63) is 26.0 Å². The molecule has 0 aliphatic heterocycles. The van der Waals surface area contributed by atoms with E-state index in [1.165, 1.54) is 0 Å². The Kier molecular flexibility index (Phi) is 3.70. The number of hydrogen-bond donors (Lipinski definition) is 1. The number of rotatable bonds is 1. The van der Waals surface area contributed by atoms with Crippen LogP contribution in [0, 0.1) is 9.39 Å². The van der Waals surface area contributed by atoms with Gasteiger partial charge in [0.15, 0.2) is 0 Å². The summed E-state index contributed by atoms with van der Waals surface area (Å²) in [4.78, 5) is 1.57. The standard InChI is InChI=1S/C8H5ClF4IO/c1-14-3-2-4(15)7(10)6(9)5(3)8(11,12)13/h2,15H,1H3/q-1. The van der Waals surface area contributed by atoms with Crippen LogP contribution in [0.1, 0.15) is 5.56 Å². The summed E-state index contributed by atoms with van der Waals surface area (Å²) in [5.74, 6) is -2.27. The van der Waals surface area contributed by atoms with Gasteiger partial charge in [0.05, 0.1) is 0 Å². The van der Waals surface area contributed by atoms with Gasteiger partial charge in [0.2, 0.25) is 0 Å². The summed E-state index contributed by atoms with van der Waals surface area (Å²) in [5, 5.41) is 7.94. The first-order valence-electron chi connectivity index (χ1n) is 3.56. The van der Waals surface area contributed by atoms with Crippen LogP contribution in [0.15, 0.2) is 6.07 Å². The molecule has 0 fully saturated rings. The Morgan fingerprint density at radius 3 is 2.33 bits per heavy atom. The summed E-state index contributed by atoms with van der Waals surface area (Å²) in [6.45, 7) is 0. The summed E-state index contributed by atoms with van der Waals surface area (Å²) < 4.78 is 50.3. The number of aromatic hydroxyl groups is 1. The van der Waals surface area contributed by atoms with Crippen LogP contribution in [0.2, 0.25) is 5.02 Å². The van der Waals surface area contributed by atoms with E-state index < -0.39 is 49.5 Å². The van der Waals surface area contributed by atoms with Crippen LogP contribution in [0.25, 0.3) is 0 Å². The van der Waals surface area contributed by atoms with Gasteiger partial charge in [0.25, 0.3) is 0 Å². The van der Waals surface area contributed by atoms with Crippen LogP contribution in [-0.4, -0.2) is 10.0 Å². The number of halogens is 6. The molecule has 0 bridgehead atoms. The van der Waals surface area contributed by atoms with Crippen molar-refractivity contribution in [2.24, 2.45) is 0 Å². The van der Waals surface area contributed by atoms with Crippen molar-refractivity contribution >= 4 is 11.6 Å². The minimum absolute atomic E-state index is 0.120. The van der Waals surface area contributed by atoms with Gasteiger partial charge in [0, 0.05) is 0 Å². The summed E-state index contributed by atoms with van der Waals surface area (Å²) in [5.41, 5.74) is -1.17. The molecule has 0 aliphatic rings. The van der Waals surface area contributed by atoms with Crippen LogP contribution < -0.4 is 21.2 Å². The van der Waals surface area contributed by atoms with E-state index in [9.17, 15) is 17.6 Å². The third-order valence-electron chi connectivity index (χ3n) is 1.63. The Hall–Kier alpha value is -0.240. The summed E-state index contributed by atoms with van der Waals surface area (Å²) in [6, 6.07) is 0.789. The molecular weight excluding hydrogens is 350 g/mol. The average molecular weight is 355 g/mol.